The molecule has 2 fully saturated rings. The van der Waals surface area contributed by atoms with Crippen LogP contribution in [-0.4, -0.2) is 51.5 Å². The topological polar surface area (TPSA) is 107 Å². The standard InChI is InChI=1S/C28H31Cl2N5O4/c1-28(25-11-2-19(29)16-26(25)30)38-18-24(39-28)17-37-23-9-7-21(8-10-23)34-14-12-33(13-15-34)20-3-5-22(6-4-20)35(32)27(31)36/h2-11,16,24H,12-15,17-18,32H2,1H3,(H2,31,36)/t24-,28-/m1/s1. The smallest absolute Gasteiger partial charge is 0.333 e. The van der Waals surface area contributed by atoms with E-state index < -0.39 is 11.8 Å². The lowest BCUT2D eigenvalue weighted by Crippen LogP contribution is -2.46. The zero-order chi connectivity index (χ0) is 27.6. The maximum Gasteiger partial charge on any atom is 0.333 e. The number of hydrogen-bond donors (Lipinski definition) is 2. The number of hydrogen-bond acceptors (Lipinski definition) is 7. The van der Waals surface area contributed by atoms with Crippen LogP contribution in [0.3, 0.4) is 0 Å². The molecule has 2 heterocycles. The molecule has 39 heavy (non-hydrogen) atoms. The third kappa shape index (κ3) is 6.18. The number of benzene rings is 3. The van der Waals surface area contributed by atoms with Crippen molar-refractivity contribution in [3.63, 3.8) is 0 Å². The van der Waals surface area contributed by atoms with E-state index in [2.05, 4.69) is 21.9 Å². The van der Waals surface area contributed by atoms with Gasteiger partial charge in [-0.25, -0.2) is 15.6 Å². The van der Waals surface area contributed by atoms with Gasteiger partial charge in [-0.05, 0) is 67.6 Å². The van der Waals surface area contributed by atoms with Crippen molar-refractivity contribution in [1.82, 2.24) is 0 Å². The SMILES string of the molecule is C[C@@]1(c2ccc(Cl)cc2Cl)OC[C@@H](COc2ccc(N3CCN(c4ccc(N(N)C(N)=O)cc4)CC3)cc2)O1. The van der Waals surface area contributed by atoms with Crippen LogP contribution >= 0.6 is 23.2 Å². The zero-order valence-electron chi connectivity index (χ0n) is 21.6. The van der Waals surface area contributed by atoms with Gasteiger partial charge in [0.1, 0.15) is 18.5 Å². The molecule has 2 amide bonds. The Balaban J connectivity index is 1.10. The van der Waals surface area contributed by atoms with Gasteiger partial charge in [-0.1, -0.05) is 29.3 Å². The molecule has 0 saturated carbocycles. The number of nitrogens with zero attached hydrogens (tertiary/aromatic N) is 3. The molecule has 0 radical (unpaired) electrons. The van der Waals surface area contributed by atoms with E-state index in [1.807, 2.05) is 37.3 Å². The highest BCUT2D eigenvalue weighted by Crippen LogP contribution is 2.38. The van der Waals surface area contributed by atoms with Crippen LogP contribution in [0.25, 0.3) is 0 Å². The molecule has 0 aliphatic carbocycles. The Kier molecular flexibility index (Phi) is 8.06. The molecule has 4 N–H and O–H groups in total. The summed E-state index contributed by atoms with van der Waals surface area (Å²) < 4.78 is 18.1. The number of amides is 2. The third-order valence-corrected chi connectivity index (χ3v) is 7.55. The fraction of sp³-hybridized carbons (Fsp3) is 0.321. The Hall–Kier alpha value is -3.21. The average molecular weight is 572 g/mol. The lowest BCUT2D eigenvalue weighted by atomic mass is 10.1. The second-order valence-electron chi connectivity index (χ2n) is 9.62. The van der Waals surface area contributed by atoms with Crippen molar-refractivity contribution < 1.29 is 19.0 Å². The van der Waals surface area contributed by atoms with Crippen LogP contribution in [0, 0.1) is 0 Å². The molecule has 2 atom stereocenters. The van der Waals surface area contributed by atoms with Crippen molar-refractivity contribution in [2.75, 3.05) is 54.2 Å². The van der Waals surface area contributed by atoms with Gasteiger partial charge in [-0.2, -0.15) is 0 Å². The third-order valence-electron chi connectivity index (χ3n) is 7.00. The first-order valence-corrected chi connectivity index (χ1v) is 13.4. The van der Waals surface area contributed by atoms with Gasteiger partial charge >= 0.3 is 6.03 Å². The minimum Gasteiger partial charge on any atom is -0.491 e. The maximum absolute atomic E-state index is 11.2. The van der Waals surface area contributed by atoms with Crippen LogP contribution in [0.5, 0.6) is 5.75 Å². The van der Waals surface area contributed by atoms with Gasteiger partial charge in [0.2, 0.25) is 0 Å². The predicted molar refractivity (Wildman–Crippen MR) is 154 cm³/mol. The highest BCUT2D eigenvalue weighted by atomic mass is 35.5. The minimum absolute atomic E-state index is 0.229. The first-order valence-electron chi connectivity index (χ1n) is 12.7. The van der Waals surface area contributed by atoms with Gasteiger partial charge in [0.05, 0.1) is 17.3 Å². The van der Waals surface area contributed by atoms with Crippen molar-refractivity contribution in [3.8, 4) is 5.75 Å². The lowest BCUT2D eigenvalue weighted by molar-refractivity contribution is -0.164. The molecule has 0 spiro atoms. The number of primary amides is 1. The van der Waals surface area contributed by atoms with Crippen LogP contribution in [-0.2, 0) is 15.3 Å². The first-order chi connectivity index (χ1) is 18.7. The molecule has 2 aliphatic heterocycles. The van der Waals surface area contributed by atoms with Crippen molar-refractivity contribution in [3.05, 3.63) is 82.3 Å². The number of rotatable bonds is 7. The molecule has 3 aromatic carbocycles. The number of urea groups is 1. The zero-order valence-corrected chi connectivity index (χ0v) is 23.1. The Labute approximate surface area is 237 Å². The van der Waals surface area contributed by atoms with Gasteiger partial charge < -0.3 is 29.7 Å². The fourth-order valence-corrected chi connectivity index (χ4v) is 5.42. The second-order valence-corrected chi connectivity index (χ2v) is 10.5. The number of anilines is 3. The van der Waals surface area contributed by atoms with E-state index in [1.54, 1.807) is 24.3 Å². The van der Waals surface area contributed by atoms with E-state index in [4.69, 9.17) is 49.0 Å². The molecule has 2 aliphatic rings. The van der Waals surface area contributed by atoms with Gasteiger partial charge in [-0.15, -0.1) is 0 Å². The molecule has 0 aromatic heterocycles. The van der Waals surface area contributed by atoms with E-state index in [1.165, 1.54) is 0 Å². The van der Waals surface area contributed by atoms with E-state index in [0.29, 0.717) is 28.9 Å². The van der Waals surface area contributed by atoms with Crippen molar-refractivity contribution in [2.24, 2.45) is 11.6 Å². The molecule has 5 rings (SSSR count). The lowest BCUT2D eigenvalue weighted by Gasteiger charge is -2.37. The summed E-state index contributed by atoms with van der Waals surface area (Å²) in [6.07, 6.45) is -0.229. The quantitative estimate of drug-likeness (QED) is 0.239. The van der Waals surface area contributed by atoms with Gasteiger partial charge in [0.25, 0.3) is 0 Å². The molecule has 9 nitrogen and oxygen atoms in total. The summed E-state index contributed by atoms with van der Waals surface area (Å²) in [6, 6.07) is 20.2. The Morgan fingerprint density at radius 2 is 1.59 bits per heavy atom. The number of hydrazine groups is 1. The Bertz CT molecular complexity index is 1300. The maximum atomic E-state index is 11.2. The van der Waals surface area contributed by atoms with Crippen molar-refractivity contribution in [1.29, 1.82) is 0 Å². The molecule has 0 unspecified atom stereocenters. The molecule has 206 valence electrons. The summed E-state index contributed by atoms with van der Waals surface area (Å²) in [4.78, 5) is 15.9. The highest BCUT2D eigenvalue weighted by molar-refractivity contribution is 6.35. The van der Waals surface area contributed by atoms with E-state index in [9.17, 15) is 4.79 Å². The van der Waals surface area contributed by atoms with Gasteiger partial charge in [0, 0.05) is 48.1 Å². The highest BCUT2D eigenvalue weighted by Gasteiger charge is 2.40. The number of ether oxygens (including phenoxy) is 3. The van der Waals surface area contributed by atoms with E-state index >= 15 is 0 Å². The summed E-state index contributed by atoms with van der Waals surface area (Å²) in [5.41, 5.74) is 8.74. The summed E-state index contributed by atoms with van der Waals surface area (Å²) >= 11 is 12.4. The predicted octanol–water partition coefficient (Wildman–Crippen LogP) is 4.75. The molecule has 3 aromatic rings. The molecule has 11 heteroatoms. The molecular formula is C28H31Cl2N5O4. The van der Waals surface area contributed by atoms with Crippen LogP contribution in [0.4, 0.5) is 21.9 Å². The normalized spacial score (nSPS) is 21.2. The fourth-order valence-electron chi connectivity index (χ4n) is 4.84. The number of carbonyl (C=O) groups is 1. The van der Waals surface area contributed by atoms with E-state index in [-0.39, 0.29) is 6.10 Å². The largest absolute Gasteiger partial charge is 0.491 e. The monoisotopic (exact) mass is 571 g/mol. The summed E-state index contributed by atoms with van der Waals surface area (Å²) in [6.45, 7) is 6.11. The van der Waals surface area contributed by atoms with Gasteiger partial charge in [-0.3, -0.25) is 0 Å². The molecule has 0 bridgehead atoms. The van der Waals surface area contributed by atoms with Crippen LogP contribution in [0.2, 0.25) is 10.0 Å². The van der Waals surface area contributed by atoms with Crippen LogP contribution < -0.4 is 31.1 Å². The number of halogens is 2. The summed E-state index contributed by atoms with van der Waals surface area (Å²) in [7, 11) is 0. The summed E-state index contributed by atoms with van der Waals surface area (Å²) in [5.74, 6) is 5.48. The Morgan fingerprint density at radius 3 is 2.15 bits per heavy atom. The second kappa shape index (κ2) is 11.5. The minimum atomic E-state index is -0.946. The number of piperazine rings is 1. The average Bonchev–Trinajstić information content (AvgIpc) is 3.33. The van der Waals surface area contributed by atoms with Crippen LogP contribution in [0.1, 0.15) is 12.5 Å². The van der Waals surface area contributed by atoms with Crippen molar-refractivity contribution in [2.45, 2.75) is 18.8 Å². The summed E-state index contributed by atoms with van der Waals surface area (Å²) in [5, 5.41) is 2.00. The number of carbonyl (C=O) groups excluding carboxylic acids is 1. The first kappa shape index (κ1) is 27.4. The van der Waals surface area contributed by atoms with Gasteiger partial charge in [0.15, 0.2) is 5.79 Å². The molecule has 2 saturated heterocycles. The van der Waals surface area contributed by atoms with Crippen molar-refractivity contribution >= 4 is 46.3 Å². The van der Waals surface area contributed by atoms with Crippen LogP contribution in [0.15, 0.2) is 66.7 Å². The molecular weight excluding hydrogens is 541 g/mol. The Morgan fingerprint density at radius 1 is 1.00 bits per heavy atom. The van der Waals surface area contributed by atoms with E-state index in [0.717, 1.165) is 53.9 Å². The number of nitrogens with two attached hydrogens (primary N) is 2.